The number of pyridine rings is 1. The molecule has 1 atom stereocenters. The van der Waals surface area contributed by atoms with Gasteiger partial charge in [0.2, 0.25) is 0 Å². The third-order valence-corrected chi connectivity index (χ3v) is 4.76. The van der Waals surface area contributed by atoms with Crippen LogP contribution in [-0.4, -0.2) is 25.7 Å². The molecule has 2 heterocycles. The highest BCUT2D eigenvalue weighted by Gasteiger charge is 2.16. The largest absolute Gasteiger partial charge is 0.392 e. The molecule has 146 valence electrons. The van der Waals surface area contributed by atoms with Crippen molar-refractivity contribution in [3.63, 3.8) is 0 Å². The van der Waals surface area contributed by atoms with E-state index < -0.39 is 11.9 Å². The molecule has 0 unspecified atom stereocenters. The second-order valence-corrected chi connectivity index (χ2v) is 7.26. The van der Waals surface area contributed by atoms with E-state index in [1.165, 1.54) is 23.0 Å². The zero-order chi connectivity index (χ0) is 20.5. The highest BCUT2D eigenvalue weighted by atomic mass is 35.5. The van der Waals surface area contributed by atoms with Gasteiger partial charge in [-0.2, -0.15) is 0 Å². The Labute approximate surface area is 171 Å². The van der Waals surface area contributed by atoms with Crippen LogP contribution in [0.3, 0.4) is 0 Å². The van der Waals surface area contributed by atoms with Gasteiger partial charge in [-0.3, -0.25) is 9.36 Å². The zero-order valence-corrected chi connectivity index (χ0v) is 16.3. The molecule has 0 fully saturated rings. The first kappa shape index (κ1) is 19.2. The van der Waals surface area contributed by atoms with Crippen LogP contribution in [0.1, 0.15) is 6.92 Å². The number of benzene rings is 2. The van der Waals surface area contributed by atoms with Gasteiger partial charge in [0.25, 0.3) is 5.56 Å². The lowest BCUT2D eigenvalue weighted by Gasteiger charge is -2.12. The highest BCUT2D eigenvalue weighted by molar-refractivity contribution is 6.30. The van der Waals surface area contributed by atoms with Crippen molar-refractivity contribution in [2.75, 3.05) is 0 Å². The monoisotopic (exact) mass is 409 g/mol. The minimum Gasteiger partial charge on any atom is -0.392 e. The Morgan fingerprint density at radius 3 is 2.59 bits per heavy atom. The maximum Gasteiger partial charge on any atom is 0.261 e. The van der Waals surface area contributed by atoms with Crippen LogP contribution in [0.5, 0.6) is 0 Å². The van der Waals surface area contributed by atoms with Gasteiger partial charge in [0.15, 0.2) is 0 Å². The summed E-state index contributed by atoms with van der Waals surface area (Å²) in [6.45, 7) is 1.72. The van der Waals surface area contributed by atoms with E-state index in [-0.39, 0.29) is 12.1 Å². The van der Waals surface area contributed by atoms with Crippen molar-refractivity contribution >= 4 is 22.5 Å². The number of aliphatic hydroxyl groups is 1. The zero-order valence-electron chi connectivity index (χ0n) is 15.5. The van der Waals surface area contributed by atoms with Gasteiger partial charge in [0.1, 0.15) is 11.3 Å². The molecule has 7 heteroatoms. The van der Waals surface area contributed by atoms with E-state index in [9.17, 15) is 14.3 Å². The standard InChI is InChI=1S/C22H17ClFN3O2/c1-13(28)11-27-12-25-21-18(22(27)29)10-19(14-5-7-16(23)8-6-14)26-20(21)15-3-2-4-17(24)9-15/h2-10,12-13,28H,11H2,1H3/t13-/m0/s1. The molecule has 0 saturated carbocycles. The van der Waals surface area contributed by atoms with Crippen LogP contribution in [0, 0.1) is 5.82 Å². The summed E-state index contributed by atoms with van der Waals surface area (Å²) in [5, 5.41) is 10.6. The Balaban J connectivity index is 2.02. The average Bonchev–Trinajstić information content (AvgIpc) is 2.70. The fourth-order valence-electron chi connectivity index (χ4n) is 3.19. The second-order valence-electron chi connectivity index (χ2n) is 6.82. The van der Waals surface area contributed by atoms with Gasteiger partial charge >= 0.3 is 0 Å². The van der Waals surface area contributed by atoms with Crippen molar-refractivity contribution in [2.24, 2.45) is 0 Å². The van der Waals surface area contributed by atoms with E-state index >= 15 is 0 Å². The first-order valence-corrected chi connectivity index (χ1v) is 9.40. The first-order chi connectivity index (χ1) is 13.9. The van der Waals surface area contributed by atoms with Crippen molar-refractivity contribution in [3.8, 4) is 22.5 Å². The van der Waals surface area contributed by atoms with Crippen LogP contribution in [-0.2, 0) is 6.54 Å². The number of aromatic nitrogens is 3. The number of aliphatic hydroxyl groups excluding tert-OH is 1. The van der Waals surface area contributed by atoms with E-state index in [0.29, 0.717) is 32.9 Å². The Bertz CT molecular complexity index is 1250. The molecule has 4 aromatic rings. The van der Waals surface area contributed by atoms with Crippen molar-refractivity contribution < 1.29 is 9.50 Å². The van der Waals surface area contributed by atoms with Crippen LogP contribution in [0.4, 0.5) is 4.39 Å². The lowest BCUT2D eigenvalue weighted by atomic mass is 10.0. The molecule has 0 aliphatic carbocycles. The van der Waals surface area contributed by atoms with Crippen molar-refractivity contribution in [3.05, 3.63) is 82.1 Å². The molecule has 0 amide bonds. The van der Waals surface area contributed by atoms with E-state index in [1.807, 2.05) is 0 Å². The SMILES string of the molecule is C[C@H](O)Cn1cnc2c(-c3cccc(F)c3)nc(-c3ccc(Cl)cc3)cc2c1=O. The van der Waals surface area contributed by atoms with Gasteiger partial charge in [0, 0.05) is 16.1 Å². The molecule has 0 saturated heterocycles. The van der Waals surface area contributed by atoms with Crippen LogP contribution >= 0.6 is 11.6 Å². The van der Waals surface area contributed by atoms with Crippen molar-refractivity contribution in [1.29, 1.82) is 0 Å². The fraction of sp³-hybridized carbons (Fsp3) is 0.136. The molecule has 0 aliphatic heterocycles. The molecule has 2 aromatic carbocycles. The summed E-state index contributed by atoms with van der Waals surface area (Å²) < 4.78 is 15.2. The summed E-state index contributed by atoms with van der Waals surface area (Å²) in [5.41, 5.74) is 2.31. The summed E-state index contributed by atoms with van der Waals surface area (Å²) in [6, 6.07) is 14.7. The Morgan fingerprint density at radius 1 is 1.14 bits per heavy atom. The number of fused-ring (bicyclic) bond motifs is 1. The molecular formula is C22H17ClFN3O2. The maximum absolute atomic E-state index is 13.9. The molecule has 1 N–H and O–H groups in total. The summed E-state index contributed by atoms with van der Waals surface area (Å²) in [5.74, 6) is -0.406. The Hall–Kier alpha value is -3.09. The minimum absolute atomic E-state index is 0.121. The topological polar surface area (TPSA) is 68.0 Å². The molecule has 2 aromatic heterocycles. The number of nitrogens with zero attached hydrogens (tertiary/aromatic N) is 3. The molecule has 0 radical (unpaired) electrons. The highest BCUT2D eigenvalue weighted by Crippen LogP contribution is 2.29. The molecule has 0 aliphatic rings. The quantitative estimate of drug-likeness (QED) is 0.545. The van der Waals surface area contributed by atoms with E-state index in [0.717, 1.165) is 5.56 Å². The third-order valence-electron chi connectivity index (χ3n) is 4.51. The predicted molar refractivity (Wildman–Crippen MR) is 111 cm³/mol. The summed E-state index contributed by atoms with van der Waals surface area (Å²) in [4.78, 5) is 22.1. The molecule has 0 bridgehead atoms. The maximum atomic E-state index is 13.9. The van der Waals surface area contributed by atoms with E-state index in [1.54, 1.807) is 49.4 Å². The number of rotatable bonds is 4. The van der Waals surface area contributed by atoms with Gasteiger partial charge in [-0.05, 0) is 37.3 Å². The van der Waals surface area contributed by atoms with Crippen LogP contribution in [0.2, 0.25) is 5.02 Å². The molecule has 4 rings (SSSR count). The van der Waals surface area contributed by atoms with Gasteiger partial charge in [-0.15, -0.1) is 0 Å². The summed E-state index contributed by atoms with van der Waals surface area (Å²) >= 11 is 5.98. The lowest BCUT2D eigenvalue weighted by Crippen LogP contribution is -2.25. The van der Waals surface area contributed by atoms with E-state index in [4.69, 9.17) is 11.6 Å². The van der Waals surface area contributed by atoms with E-state index in [2.05, 4.69) is 9.97 Å². The minimum atomic E-state index is -0.702. The van der Waals surface area contributed by atoms with Gasteiger partial charge < -0.3 is 5.11 Å². The molecule has 29 heavy (non-hydrogen) atoms. The second kappa shape index (κ2) is 7.73. The van der Waals surface area contributed by atoms with Crippen molar-refractivity contribution in [2.45, 2.75) is 19.6 Å². The smallest absolute Gasteiger partial charge is 0.261 e. The summed E-state index contributed by atoms with van der Waals surface area (Å²) in [7, 11) is 0. The molecule has 0 spiro atoms. The third kappa shape index (κ3) is 3.90. The van der Waals surface area contributed by atoms with Crippen LogP contribution in [0.25, 0.3) is 33.4 Å². The fourth-order valence-corrected chi connectivity index (χ4v) is 3.31. The number of hydrogen-bond donors (Lipinski definition) is 1. The predicted octanol–water partition coefficient (Wildman–Crippen LogP) is 4.30. The Kier molecular flexibility index (Phi) is 5.13. The van der Waals surface area contributed by atoms with Gasteiger partial charge in [-0.1, -0.05) is 35.9 Å². The van der Waals surface area contributed by atoms with Crippen molar-refractivity contribution in [1.82, 2.24) is 14.5 Å². The number of hydrogen-bond acceptors (Lipinski definition) is 4. The Morgan fingerprint density at radius 2 is 1.90 bits per heavy atom. The molecular weight excluding hydrogens is 393 g/mol. The first-order valence-electron chi connectivity index (χ1n) is 9.02. The normalized spacial score (nSPS) is 12.3. The summed E-state index contributed by atoms with van der Waals surface area (Å²) in [6.07, 6.45) is 0.677. The van der Waals surface area contributed by atoms with Gasteiger partial charge in [0.05, 0.1) is 35.8 Å². The average molecular weight is 410 g/mol. The van der Waals surface area contributed by atoms with Crippen LogP contribution in [0.15, 0.2) is 65.7 Å². The lowest BCUT2D eigenvalue weighted by molar-refractivity contribution is 0.172. The van der Waals surface area contributed by atoms with Crippen LogP contribution < -0.4 is 5.56 Å². The molecule has 5 nitrogen and oxygen atoms in total. The van der Waals surface area contributed by atoms with Gasteiger partial charge in [-0.25, -0.2) is 14.4 Å². The number of halogens is 2.